The van der Waals surface area contributed by atoms with Crippen molar-refractivity contribution in [2.45, 2.75) is 20.8 Å². The minimum Gasteiger partial charge on any atom is -0.397 e. The molecule has 0 aliphatic rings. The number of hydrogen-bond acceptors (Lipinski definition) is 2. The highest BCUT2D eigenvalue weighted by Gasteiger charge is 2.14. The Balaban J connectivity index is 2.38. The van der Waals surface area contributed by atoms with Gasteiger partial charge < -0.3 is 11.1 Å². The van der Waals surface area contributed by atoms with Crippen LogP contribution in [0.5, 0.6) is 0 Å². The molecule has 0 aliphatic heterocycles. The van der Waals surface area contributed by atoms with Gasteiger partial charge in [-0.15, -0.1) is 0 Å². The molecule has 4 heteroatoms. The highest BCUT2D eigenvalue weighted by atomic mass is 79.9. The monoisotopic (exact) mass is 332 g/mol. The van der Waals surface area contributed by atoms with E-state index in [9.17, 15) is 4.79 Å². The molecule has 0 bridgehead atoms. The van der Waals surface area contributed by atoms with E-state index in [-0.39, 0.29) is 5.91 Å². The largest absolute Gasteiger partial charge is 0.397 e. The summed E-state index contributed by atoms with van der Waals surface area (Å²) in [6.07, 6.45) is 0. The first-order chi connectivity index (χ1) is 9.40. The highest BCUT2D eigenvalue weighted by Crippen LogP contribution is 2.27. The van der Waals surface area contributed by atoms with Gasteiger partial charge in [-0.05, 0) is 66.0 Å². The molecule has 2 aromatic carbocycles. The minimum atomic E-state index is -0.166. The van der Waals surface area contributed by atoms with E-state index < -0.39 is 0 Å². The second-order valence-corrected chi connectivity index (χ2v) is 5.76. The number of nitrogen functional groups attached to an aromatic ring is 1. The van der Waals surface area contributed by atoms with Gasteiger partial charge in [0.25, 0.3) is 5.91 Å². The van der Waals surface area contributed by atoms with Crippen LogP contribution in [0.1, 0.15) is 27.0 Å². The summed E-state index contributed by atoms with van der Waals surface area (Å²) >= 11 is 3.40. The fraction of sp³-hybridized carbons (Fsp3) is 0.188. The van der Waals surface area contributed by atoms with Gasteiger partial charge in [-0.25, -0.2) is 0 Å². The van der Waals surface area contributed by atoms with E-state index in [0.717, 1.165) is 21.2 Å². The number of halogens is 1. The lowest BCUT2D eigenvalue weighted by Crippen LogP contribution is -2.15. The number of carbonyl (C=O) groups is 1. The molecule has 0 saturated carbocycles. The number of nitrogens with two attached hydrogens (primary N) is 1. The number of carbonyl (C=O) groups excluding carboxylic acids is 1. The van der Waals surface area contributed by atoms with Crippen molar-refractivity contribution in [3.05, 3.63) is 57.1 Å². The summed E-state index contributed by atoms with van der Waals surface area (Å²) in [5.74, 6) is -0.166. The summed E-state index contributed by atoms with van der Waals surface area (Å²) in [5, 5.41) is 2.91. The third-order valence-corrected chi connectivity index (χ3v) is 4.06. The highest BCUT2D eigenvalue weighted by molar-refractivity contribution is 9.10. The molecule has 1 amide bonds. The Bertz CT molecular complexity index is 680. The molecule has 2 rings (SSSR count). The summed E-state index contributed by atoms with van der Waals surface area (Å²) in [6, 6.07) is 9.43. The normalized spacial score (nSPS) is 10.4. The first-order valence-electron chi connectivity index (χ1n) is 6.33. The Kier molecular flexibility index (Phi) is 4.14. The van der Waals surface area contributed by atoms with Crippen LogP contribution in [0, 0.1) is 20.8 Å². The number of amides is 1. The van der Waals surface area contributed by atoms with Crippen molar-refractivity contribution in [1.29, 1.82) is 0 Å². The Morgan fingerprint density at radius 2 is 1.85 bits per heavy atom. The lowest BCUT2D eigenvalue weighted by Gasteiger charge is -2.14. The molecule has 0 aromatic heterocycles. The quantitative estimate of drug-likeness (QED) is 0.809. The Labute approximate surface area is 127 Å². The van der Waals surface area contributed by atoms with Gasteiger partial charge in [0.1, 0.15) is 0 Å². The molecule has 3 nitrogen and oxygen atoms in total. The molecule has 0 spiro atoms. The van der Waals surface area contributed by atoms with Gasteiger partial charge >= 0.3 is 0 Å². The van der Waals surface area contributed by atoms with E-state index >= 15 is 0 Å². The second kappa shape index (κ2) is 5.67. The third kappa shape index (κ3) is 2.85. The zero-order valence-corrected chi connectivity index (χ0v) is 13.3. The summed E-state index contributed by atoms with van der Waals surface area (Å²) < 4.78 is 0.768. The van der Waals surface area contributed by atoms with Crippen LogP contribution in [0.25, 0.3) is 0 Å². The minimum absolute atomic E-state index is 0.166. The lowest BCUT2D eigenvalue weighted by atomic mass is 10.1. The predicted molar refractivity (Wildman–Crippen MR) is 87.2 cm³/mol. The molecule has 104 valence electrons. The zero-order valence-electron chi connectivity index (χ0n) is 11.8. The predicted octanol–water partition coefficient (Wildman–Crippen LogP) is 4.21. The van der Waals surface area contributed by atoms with Crippen molar-refractivity contribution in [3.8, 4) is 0 Å². The van der Waals surface area contributed by atoms with Crippen LogP contribution in [0.3, 0.4) is 0 Å². The van der Waals surface area contributed by atoms with Gasteiger partial charge in [-0.1, -0.05) is 17.7 Å². The molecule has 0 radical (unpaired) electrons. The topological polar surface area (TPSA) is 55.1 Å². The van der Waals surface area contributed by atoms with Gasteiger partial charge in [-0.3, -0.25) is 4.79 Å². The smallest absolute Gasteiger partial charge is 0.256 e. The maximum atomic E-state index is 12.4. The van der Waals surface area contributed by atoms with E-state index in [4.69, 9.17) is 5.73 Å². The van der Waals surface area contributed by atoms with Crippen molar-refractivity contribution in [2.75, 3.05) is 11.1 Å². The van der Waals surface area contributed by atoms with Crippen molar-refractivity contribution in [2.24, 2.45) is 0 Å². The molecular formula is C16H17BrN2O. The Morgan fingerprint density at radius 1 is 1.15 bits per heavy atom. The maximum Gasteiger partial charge on any atom is 0.256 e. The van der Waals surface area contributed by atoms with E-state index in [0.29, 0.717) is 16.9 Å². The summed E-state index contributed by atoms with van der Waals surface area (Å²) in [4.78, 5) is 12.4. The Morgan fingerprint density at radius 3 is 2.55 bits per heavy atom. The van der Waals surface area contributed by atoms with Crippen molar-refractivity contribution >= 4 is 33.2 Å². The SMILES string of the molecule is Cc1ccc(Br)c(C(=O)Nc2c(N)ccc(C)c2C)c1. The van der Waals surface area contributed by atoms with Crippen LogP contribution in [-0.2, 0) is 0 Å². The fourth-order valence-electron chi connectivity index (χ4n) is 2.00. The number of hydrogen-bond donors (Lipinski definition) is 2. The number of rotatable bonds is 2. The maximum absolute atomic E-state index is 12.4. The second-order valence-electron chi connectivity index (χ2n) is 4.91. The zero-order chi connectivity index (χ0) is 14.9. The number of aryl methyl sites for hydroxylation is 2. The van der Waals surface area contributed by atoms with Crippen molar-refractivity contribution < 1.29 is 4.79 Å². The van der Waals surface area contributed by atoms with E-state index in [1.165, 1.54) is 0 Å². The standard InChI is InChI=1S/C16H17BrN2O/c1-9-4-6-13(17)12(8-9)16(20)19-15-11(3)10(2)5-7-14(15)18/h4-8H,18H2,1-3H3,(H,19,20). The molecule has 0 unspecified atom stereocenters. The number of nitrogens with one attached hydrogen (secondary N) is 1. The molecule has 0 saturated heterocycles. The summed E-state index contributed by atoms with van der Waals surface area (Å²) in [6.45, 7) is 5.90. The average Bonchev–Trinajstić information content (AvgIpc) is 2.41. The molecule has 0 heterocycles. The molecule has 2 aromatic rings. The third-order valence-electron chi connectivity index (χ3n) is 3.37. The molecule has 3 N–H and O–H groups in total. The molecule has 0 atom stereocenters. The van der Waals surface area contributed by atoms with E-state index in [1.807, 2.05) is 51.1 Å². The summed E-state index contributed by atoms with van der Waals surface area (Å²) in [7, 11) is 0. The van der Waals surface area contributed by atoms with Gasteiger partial charge in [0, 0.05) is 4.47 Å². The Hall–Kier alpha value is -1.81. The van der Waals surface area contributed by atoms with Crippen LogP contribution in [0.15, 0.2) is 34.8 Å². The van der Waals surface area contributed by atoms with Crippen molar-refractivity contribution in [1.82, 2.24) is 0 Å². The van der Waals surface area contributed by atoms with Crippen molar-refractivity contribution in [3.63, 3.8) is 0 Å². The van der Waals surface area contributed by atoms with E-state index in [2.05, 4.69) is 21.2 Å². The number of anilines is 2. The fourth-order valence-corrected chi connectivity index (χ4v) is 2.42. The van der Waals surface area contributed by atoms with Gasteiger partial charge in [0.15, 0.2) is 0 Å². The van der Waals surface area contributed by atoms with Crippen LogP contribution < -0.4 is 11.1 Å². The molecule has 20 heavy (non-hydrogen) atoms. The molecule has 0 fully saturated rings. The molecular weight excluding hydrogens is 316 g/mol. The molecule has 0 aliphatic carbocycles. The van der Waals surface area contributed by atoms with Crippen LogP contribution >= 0.6 is 15.9 Å². The van der Waals surface area contributed by atoms with E-state index in [1.54, 1.807) is 0 Å². The number of benzene rings is 2. The van der Waals surface area contributed by atoms with Gasteiger partial charge in [0.05, 0.1) is 16.9 Å². The van der Waals surface area contributed by atoms with Crippen LogP contribution in [-0.4, -0.2) is 5.91 Å². The lowest BCUT2D eigenvalue weighted by molar-refractivity contribution is 0.102. The first kappa shape index (κ1) is 14.6. The van der Waals surface area contributed by atoms with Gasteiger partial charge in [0.2, 0.25) is 0 Å². The van der Waals surface area contributed by atoms with Crippen LogP contribution in [0.2, 0.25) is 0 Å². The average molecular weight is 333 g/mol. The van der Waals surface area contributed by atoms with Crippen LogP contribution in [0.4, 0.5) is 11.4 Å². The summed E-state index contributed by atoms with van der Waals surface area (Å²) in [5.41, 5.74) is 10.9. The van der Waals surface area contributed by atoms with Gasteiger partial charge in [-0.2, -0.15) is 0 Å². The first-order valence-corrected chi connectivity index (χ1v) is 7.12.